The van der Waals surface area contributed by atoms with E-state index in [-0.39, 0.29) is 6.03 Å². The Bertz CT molecular complexity index is 531. The number of pyridine rings is 1. The Kier molecular flexibility index (Phi) is 4.30. The van der Waals surface area contributed by atoms with Gasteiger partial charge in [-0.1, -0.05) is 46.3 Å². The van der Waals surface area contributed by atoms with E-state index in [9.17, 15) is 4.79 Å². The van der Waals surface area contributed by atoms with Crippen LogP contribution in [0.15, 0.2) is 53.1 Å². The Morgan fingerprint density at radius 1 is 1.22 bits per heavy atom. The number of nitrogens with zero attached hydrogens (tertiary/aromatic N) is 1. The molecule has 0 radical (unpaired) electrons. The zero-order valence-corrected chi connectivity index (χ0v) is 11.1. The van der Waals surface area contributed by atoms with Crippen LogP contribution in [0.4, 0.5) is 10.6 Å². The molecule has 0 saturated carbocycles. The number of rotatable bonds is 3. The molecule has 2 N–H and O–H groups in total. The number of aromatic nitrogens is 1. The molecular weight excluding hydrogens is 294 g/mol. The van der Waals surface area contributed by atoms with Gasteiger partial charge < -0.3 is 5.32 Å². The van der Waals surface area contributed by atoms with E-state index in [0.29, 0.717) is 12.4 Å². The number of urea groups is 1. The summed E-state index contributed by atoms with van der Waals surface area (Å²) < 4.78 is 0.871. The van der Waals surface area contributed by atoms with Crippen LogP contribution in [0, 0.1) is 0 Å². The van der Waals surface area contributed by atoms with Crippen molar-refractivity contribution in [3.63, 3.8) is 0 Å². The van der Waals surface area contributed by atoms with Gasteiger partial charge in [0.05, 0.1) is 0 Å². The Morgan fingerprint density at radius 2 is 2.00 bits per heavy atom. The highest BCUT2D eigenvalue weighted by Crippen LogP contribution is 2.12. The first kappa shape index (κ1) is 12.6. The molecule has 4 nitrogen and oxygen atoms in total. The molecule has 1 aromatic heterocycles. The largest absolute Gasteiger partial charge is 0.334 e. The maximum Gasteiger partial charge on any atom is 0.320 e. The van der Waals surface area contributed by atoms with Crippen LogP contribution in [0.1, 0.15) is 5.56 Å². The van der Waals surface area contributed by atoms with Crippen LogP contribution in [-0.2, 0) is 6.54 Å². The fourth-order valence-corrected chi connectivity index (χ4v) is 1.75. The molecule has 0 aliphatic carbocycles. The van der Waals surface area contributed by atoms with Gasteiger partial charge in [0.25, 0.3) is 0 Å². The van der Waals surface area contributed by atoms with Gasteiger partial charge in [-0.05, 0) is 17.7 Å². The highest BCUT2D eigenvalue weighted by Gasteiger charge is 2.02. The van der Waals surface area contributed by atoms with Crippen LogP contribution in [0.5, 0.6) is 0 Å². The van der Waals surface area contributed by atoms with Crippen LogP contribution in [0.2, 0.25) is 0 Å². The first-order valence-electron chi connectivity index (χ1n) is 5.44. The standard InChI is InChI=1S/C13H12BrN3O/c14-11-6-7-15-12(8-11)17-13(18)16-9-10-4-2-1-3-5-10/h1-8H,9H2,(H2,15,16,17,18). The Balaban J connectivity index is 1.86. The third-order valence-corrected chi connectivity index (χ3v) is 2.75. The van der Waals surface area contributed by atoms with Crippen molar-refractivity contribution in [3.8, 4) is 0 Å². The first-order chi connectivity index (χ1) is 8.74. The number of hydrogen-bond donors (Lipinski definition) is 2. The predicted octanol–water partition coefficient (Wildman–Crippen LogP) is 3.17. The van der Waals surface area contributed by atoms with Crippen molar-refractivity contribution in [3.05, 3.63) is 58.7 Å². The SMILES string of the molecule is O=C(NCc1ccccc1)Nc1cc(Br)ccn1. The summed E-state index contributed by atoms with van der Waals surface area (Å²) in [5.74, 6) is 0.509. The smallest absolute Gasteiger partial charge is 0.320 e. The molecule has 0 atom stereocenters. The molecule has 0 fully saturated rings. The monoisotopic (exact) mass is 305 g/mol. The Morgan fingerprint density at radius 3 is 2.72 bits per heavy atom. The van der Waals surface area contributed by atoms with Gasteiger partial charge in [0.1, 0.15) is 5.82 Å². The minimum Gasteiger partial charge on any atom is -0.334 e. The number of carbonyl (C=O) groups excluding carboxylic acids is 1. The number of halogens is 1. The van der Waals surface area contributed by atoms with E-state index in [4.69, 9.17) is 0 Å². The third kappa shape index (κ3) is 3.85. The summed E-state index contributed by atoms with van der Waals surface area (Å²) in [7, 11) is 0. The first-order valence-corrected chi connectivity index (χ1v) is 6.24. The van der Waals surface area contributed by atoms with Crippen molar-refractivity contribution < 1.29 is 4.79 Å². The summed E-state index contributed by atoms with van der Waals surface area (Å²) in [6.07, 6.45) is 1.62. The molecule has 0 aliphatic heterocycles. The lowest BCUT2D eigenvalue weighted by atomic mass is 10.2. The number of anilines is 1. The Hall–Kier alpha value is -1.88. The number of nitrogens with one attached hydrogen (secondary N) is 2. The summed E-state index contributed by atoms with van der Waals surface area (Å²) in [6.45, 7) is 0.487. The summed E-state index contributed by atoms with van der Waals surface area (Å²) in [5, 5.41) is 5.42. The molecule has 2 aromatic rings. The van der Waals surface area contributed by atoms with Crippen molar-refractivity contribution in [1.29, 1.82) is 0 Å². The molecule has 0 bridgehead atoms. The van der Waals surface area contributed by atoms with Gasteiger partial charge in [-0.3, -0.25) is 5.32 Å². The minimum absolute atomic E-state index is 0.274. The van der Waals surface area contributed by atoms with E-state index in [1.807, 2.05) is 30.3 Å². The molecule has 1 aromatic carbocycles. The lowest BCUT2D eigenvalue weighted by molar-refractivity contribution is 0.251. The predicted molar refractivity (Wildman–Crippen MR) is 74.2 cm³/mol. The van der Waals surface area contributed by atoms with Crippen LogP contribution in [0.3, 0.4) is 0 Å². The normalized spacial score (nSPS) is 9.83. The van der Waals surface area contributed by atoms with Crippen molar-refractivity contribution in [2.45, 2.75) is 6.54 Å². The highest BCUT2D eigenvalue weighted by atomic mass is 79.9. The second kappa shape index (κ2) is 6.16. The second-order valence-corrected chi connectivity index (χ2v) is 4.57. The Labute approximate surface area is 114 Å². The molecule has 0 aliphatic rings. The van der Waals surface area contributed by atoms with Gasteiger partial charge in [-0.2, -0.15) is 0 Å². The molecule has 18 heavy (non-hydrogen) atoms. The topological polar surface area (TPSA) is 54.0 Å². The van der Waals surface area contributed by atoms with Crippen LogP contribution in [0.25, 0.3) is 0 Å². The quantitative estimate of drug-likeness (QED) is 0.915. The fourth-order valence-electron chi connectivity index (χ4n) is 1.41. The van der Waals surface area contributed by atoms with Crippen molar-refractivity contribution >= 4 is 27.8 Å². The number of amides is 2. The zero-order chi connectivity index (χ0) is 12.8. The maximum absolute atomic E-state index is 11.6. The highest BCUT2D eigenvalue weighted by molar-refractivity contribution is 9.10. The molecular formula is C13H12BrN3O. The van der Waals surface area contributed by atoms with Gasteiger partial charge in [0.15, 0.2) is 0 Å². The van der Waals surface area contributed by atoms with Crippen LogP contribution < -0.4 is 10.6 Å². The van der Waals surface area contributed by atoms with E-state index >= 15 is 0 Å². The van der Waals surface area contributed by atoms with Gasteiger partial charge in [0, 0.05) is 17.2 Å². The average molecular weight is 306 g/mol. The lowest BCUT2D eigenvalue weighted by Gasteiger charge is -2.07. The lowest BCUT2D eigenvalue weighted by Crippen LogP contribution is -2.28. The third-order valence-electron chi connectivity index (χ3n) is 2.26. The van der Waals surface area contributed by atoms with Crippen LogP contribution >= 0.6 is 15.9 Å². The van der Waals surface area contributed by atoms with E-state index in [1.54, 1.807) is 18.3 Å². The van der Waals surface area contributed by atoms with Gasteiger partial charge in [-0.25, -0.2) is 9.78 Å². The molecule has 0 spiro atoms. The average Bonchev–Trinajstić information content (AvgIpc) is 2.38. The summed E-state index contributed by atoms with van der Waals surface area (Å²) in [5.41, 5.74) is 1.05. The number of benzene rings is 1. The number of carbonyl (C=O) groups is 1. The van der Waals surface area contributed by atoms with Gasteiger partial charge in [-0.15, -0.1) is 0 Å². The molecule has 1 heterocycles. The van der Waals surface area contributed by atoms with Gasteiger partial charge >= 0.3 is 6.03 Å². The van der Waals surface area contributed by atoms with Crippen molar-refractivity contribution in [2.75, 3.05) is 5.32 Å². The van der Waals surface area contributed by atoms with E-state index in [2.05, 4.69) is 31.5 Å². The van der Waals surface area contributed by atoms with Gasteiger partial charge in [0.2, 0.25) is 0 Å². The van der Waals surface area contributed by atoms with E-state index in [1.165, 1.54) is 0 Å². The minimum atomic E-state index is -0.274. The molecule has 5 heteroatoms. The van der Waals surface area contributed by atoms with Crippen molar-refractivity contribution in [2.24, 2.45) is 0 Å². The fraction of sp³-hybridized carbons (Fsp3) is 0.0769. The van der Waals surface area contributed by atoms with E-state index < -0.39 is 0 Å². The second-order valence-electron chi connectivity index (χ2n) is 3.65. The van der Waals surface area contributed by atoms with Crippen LogP contribution in [-0.4, -0.2) is 11.0 Å². The molecule has 0 saturated heterocycles. The molecule has 92 valence electrons. The summed E-state index contributed by atoms with van der Waals surface area (Å²) in [6, 6.07) is 13.0. The molecule has 0 unspecified atom stereocenters. The summed E-state index contributed by atoms with van der Waals surface area (Å²) in [4.78, 5) is 15.7. The zero-order valence-electron chi connectivity index (χ0n) is 9.56. The number of hydrogen-bond acceptors (Lipinski definition) is 2. The maximum atomic E-state index is 11.6. The summed E-state index contributed by atoms with van der Waals surface area (Å²) >= 11 is 3.32. The van der Waals surface area contributed by atoms with E-state index in [0.717, 1.165) is 10.0 Å². The molecule has 2 rings (SSSR count). The molecule has 2 amide bonds. The van der Waals surface area contributed by atoms with Crippen molar-refractivity contribution in [1.82, 2.24) is 10.3 Å².